The number of rotatable bonds is 3. The minimum atomic E-state index is -0.541. The largest absolute Gasteiger partial charge is 0.234 e. The highest BCUT2D eigenvalue weighted by molar-refractivity contribution is 7.98. The Morgan fingerprint density at radius 3 is 2.44 bits per heavy atom. The van der Waals surface area contributed by atoms with Crippen LogP contribution in [0.4, 0.5) is 4.39 Å². The van der Waals surface area contributed by atoms with Crippen LogP contribution in [0.3, 0.4) is 0 Å². The van der Waals surface area contributed by atoms with Crippen molar-refractivity contribution in [3.8, 4) is 0 Å². The normalized spacial score (nSPS) is 10.7. The van der Waals surface area contributed by atoms with Crippen LogP contribution in [0.1, 0.15) is 17.1 Å². The predicted molar refractivity (Wildman–Crippen MR) is 72.5 cm³/mol. The lowest BCUT2D eigenvalue weighted by atomic mass is 10.2. The molecule has 0 saturated heterocycles. The summed E-state index contributed by atoms with van der Waals surface area (Å²) in [5, 5.41) is -0.109. The highest BCUT2D eigenvalue weighted by Gasteiger charge is 2.09. The third kappa shape index (κ3) is 3.21. The van der Waals surface area contributed by atoms with Crippen molar-refractivity contribution in [3.63, 3.8) is 0 Å². The van der Waals surface area contributed by atoms with Crippen LogP contribution in [-0.2, 0) is 5.75 Å². The van der Waals surface area contributed by atoms with Crippen molar-refractivity contribution in [2.45, 2.75) is 24.5 Å². The number of halogens is 2. The molecule has 5 heteroatoms. The Bertz CT molecular complexity index is 534. The van der Waals surface area contributed by atoms with Gasteiger partial charge in [-0.25, -0.2) is 14.4 Å². The number of aryl methyl sites for hydroxylation is 2. The molecule has 2 aromatic rings. The van der Waals surface area contributed by atoms with Crippen LogP contribution >= 0.6 is 23.4 Å². The number of thioether (sulfide) groups is 1. The van der Waals surface area contributed by atoms with Crippen molar-refractivity contribution in [2.24, 2.45) is 0 Å². The average Bonchev–Trinajstić information content (AvgIpc) is 2.35. The predicted octanol–water partition coefficient (Wildman–Crippen LogP) is 4.18. The Labute approximate surface area is 115 Å². The second-order valence-corrected chi connectivity index (χ2v) is 5.34. The number of nitrogens with zero attached hydrogens (tertiary/aromatic N) is 2. The lowest BCUT2D eigenvalue weighted by Gasteiger charge is -2.04. The highest BCUT2D eigenvalue weighted by atomic mass is 35.5. The molecular weight excluding hydrogens is 271 g/mol. The zero-order valence-corrected chi connectivity index (χ0v) is 11.6. The Morgan fingerprint density at radius 1 is 1.17 bits per heavy atom. The van der Waals surface area contributed by atoms with Crippen LogP contribution in [0.5, 0.6) is 0 Å². The van der Waals surface area contributed by atoms with E-state index in [1.807, 2.05) is 31.2 Å². The molecule has 1 aromatic carbocycles. The number of aromatic nitrogens is 2. The third-order valence-electron chi connectivity index (χ3n) is 2.41. The summed E-state index contributed by atoms with van der Waals surface area (Å²) in [5.74, 6) is 0.578. The average molecular weight is 283 g/mol. The van der Waals surface area contributed by atoms with Crippen molar-refractivity contribution < 1.29 is 4.39 Å². The Hall–Kier alpha value is -1.13. The molecular formula is C13H12ClFN2S. The molecule has 0 fully saturated rings. The van der Waals surface area contributed by atoms with E-state index in [0.29, 0.717) is 11.6 Å². The molecule has 0 amide bonds. The second kappa shape index (κ2) is 5.67. The summed E-state index contributed by atoms with van der Waals surface area (Å²) in [7, 11) is 0. The summed E-state index contributed by atoms with van der Waals surface area (Å²) in [6, 6.07) is 8.17. The zero-order chi connectivity index (χ0) is 13.1. The van der Waals surface area contributed by atoms with Crippen molar-refractivity contribution in [3.05, 3.63) is 52.3 Å². The summed E-state index contributed by atoms with van der Waals surface area (Å²) in [4.78, 5) is 9.13. The van der Waals surface area contributed by atoms with Crippen molar-refractivity contribution in [1.29, 1.82) is 0 Å². The van der Waals surface area contributed by atoms with Gasteiger partial charge in [-0.1, -0.05) is 29.3 Å². The van der Waals surface area contributed by atoms with Crippen LogP contribution < -0.4 is 0 Å². The smallest absolute Gasteiger partial charge is 0.181 e. The molecule has 0 aliphatic heterocycles. The van der Waals surface area contributed by atoms with Crippen LogP contribution in [0, 0.1) is 19.7 Å². The van der Waals surface area contributed by atoms with Gasteiger partial charge in [0.2, 0.25) is 0 Å². The van der Waals surface area contributed by atoms with Gasteiger partial charge in [0.25, 0.3) is 0 Å². The Balaban J connectivity index is 2.08. The first-order valence-electron chi connectivity index (χ1n) is 5.44. The van der Waals surface area contributed by atoms with Gasteiger partial charge in [-0.15, -0.1) is 11.8 Å². The first-order chi connectivity index (χ1) is 8.56. The van der Waals surface area contributed by atoms with E-state index in [0.717, 1.165) is 4.90 Å². The molecule has 0 aliphatic carbocycles. The van der Waals surface area contributed by atoms with E-state index >= 15 is 0 Å². The fraction of sp³-hybridized carbons (Fsp3) is 0.231. The molecule has 0 spiro atoms. The van der Waals surface area contributed by atoms with Gasteiger partial charge in [0.1, 0.15) is 5.82 Å². The lowest BCUT2D eigenvalue weighted by molar-refractivity contribution is 0.598. The molecule has 0 bridgehead atoms. The standard InChI is InChI=1S/C13H12ClFN2S/c1-8-3-5-10(6-4-8)18-7-11-16-9(2)12(15)13(14)17-11/h3-6H,7H2,1-2H3. The van der Waals surface area contributed by atoms with Gasteiger partial charge in [0.05, 0.1) is 11.4 Å². The molecule has 1 aromatic heterocycles. The third-order valence-corrected chi connectivity index (χ3v) is 3.67. The Morgan fingerprint density at radius 2 is 1.83 bits per heavy atom. The van der Waals surface area contributed by atoms with E-state index in [1.54, 1.807) is 18.7 Å². The van der Waals surface area contributed by atoms with Crippen LogP contribution in [-0.4, -0.2) is 9.97 Å². The van der Waals surface area contributed by atoms with Crippen molar-refractivity contribution >= 4 is 23.4 Å². The summed E-state index contributed by atoms with van der Waals surface area (Å²) in [6.07, 6.45) is 0. The van der Waals surface area contributed by atoms with Crippen molar-refractivity contribution in [2.75, 3.05) is 0 Å². The number of benzene rings is 1. The fourth-order valence-electron chi connectivity index (χ4n) is 1.43. The molecule has 18 heavy (non-hydrogen) atoms. The minimum absolute atomic E-state index is 0.109. The highest BCUT2D eigenvalue weighted by Crippen LogP contribution is 2.23. The van der Waals surface area contributed by atoms with Crippen molar-refractivity contribution in [1.82, 2.24) is 9.97 Å². The Kier molecular flexibility index (Phi) is 4.19. The molecule has 0 unspecified atom stereocenters. The van der Waals surface area contributed by atoms with Gasteiger partial charge < -0.3 is 0 Å². The monoisotopic (exact) mass is 282 g/mol. The molecule has 2 nitrogen and oxygen atoms in total. The van der Waals surface area contributed by atoms with Crippen LogP contribution in [0.25, 0.3) is 0 Å². The summed E-state index contributed by atoms with van der Waals surface area (Å²) < 4.78 is 13.3. The van der Waals surface area contributed by atoms with Gasteiger partial charge in [0.15, 0.2) is 11.0 Å². The topological polar surface area (TPSA) is 25.8 Å². The van der Waals surface area contributed by atoms with Crippen LogP contribution in [0.2, 0.25) is 5.15 Å². The molecule has 94 valence electrons. The molecule has 0 radical (unpaired) electrons. The van der Waals surface area contributed by atoms with E-state index in [4.69, 9.17) is 11.6 Å². The molecule has 2 rings (SSSR count). The van der Waals surface area contributed by atoms with E-state index in [-0.39, 0.29) is 10.8 Å². The fourth-order valence-corrected chi connectivity index (χ4v) is 2.41. The maximum atomic E-state index is 13.3. The minimum Gasteiger partial charge on any atom is -0.234 e. The van der Waals surface area contributed by atoms with E-state index < -0.39 is 5.82 Å². The lowest BCUT2D eigenvalue weighted by Crippen LogP contribution is -1.99. The second-order valence-electron chi connectivity index (χ2n) is 3.93. The van der Waals surface area contributed by atoms with E-state index in [1.165, 1.54) is 5.56 Å². The number of hydrogen-bond acceptors (Lipinski definition) is 3. The van der Waals surface area contributed by atoms with Gasteiger partial charge >= 0.3 is 0 Å². The summed E-state index contributed by atoms with van der Waals surface area (Å²) >= 11 is 7.29. The first kappa shape index (κ1) is 13.3. The maximum absolute atomic E-state index is 13.3. The number of hydrogen-bond donors (Lipinski definition) is 0. The molecule has 0 N–H and O–H groups in total. The zero-order valence-electron chi connectivity index (χ0n) is 10.1. The van der Waals surface area contributed by atoms with Gasteiger partial charge in [0, 0.05) is 4.90 Å². The summed E-state index contributed by atoms with van der Waals surface area (Å²) in [5.41, 5.74) is 1.51. The van der Waals surface area contributed by atoms with Gasteiger partial charge in [-0.2, -0.15) is 0 Å². The van der Waals surface area contributed by atoms with Gasteiger partial charge in [-0.3, -0.25) is 0 Å². The first-order valence-corrected chi connectivity index (χ1v) is 6.80. The SMILES string of the molecule is Cc1ccc(SCc2nc(C)c(F)c(Cl)n2)cc1. The summed E-state index contributed by atoms with van der Waals surface area (Å²) in [6.45, 7) is 3.63. The van der Waals surface area contributed by atoms with E-state index in [9.17, 15) is 4.39 Å². The molecule has 1 heterocycles. The maximum Gasteiger partial charge on any atom is 0.181 e. The molecule has 0 saturated carbocycles. The molecule has 0 atom stereocenters. The molecule has 0 aliphatic rings. The van der Waals surface area contributed by atoms with Crippen LogP contribution in [0.15, 0.2) is 29.2 Å². The van der Waals surface area contributed by atoms with E-state index in [2.05, 4.69) is 9.97 Å². The quantitative estimate of drug-likeness (QED) is 0.624. The van der Waals surface area contributed by atoms with Gasteiger partial charge in [-0.05, 0) is 26.0 Å².